The van der Waals surface area contributed by atoms with E-state index in [1.165, 1.54) is 7.11 Å². The zero-order chi connectivity index (χ0) is 15.2. The van der Waals surface area contributed by atoms with E-state index in [0.717, 1.165) is 12.1 Å². The van der Waals surface area contributed by atoms with Gasteiger partial charge in [0.2, 0.25) is 0 Å². The first kappa shape index (κ1) is 15.1. The molecule has 0 aliphatic heterocycles. The molecule has 1 N–H and O–H groups in total. The van der Waals surface area contributed by atoms with Crippen molar-refractivity contribution in [1.82, 2.24) is 15.1 Å². The standard InChI is InChI=1S/C16H21N3O2/c1-12(2)9-10-17-16(20)15-14(21-3)11-19(18-15)13-7-5-4-6-8-13/h4-8,11-12H,9-10H2,1-3H3,(H,17,20). The molecule has 0 radical (unpaired) electrons. The summed E-state index contributed by atoms with van der Waals surface area (Å²) in [6, 6.07) is 9.63. The number of aromatic nitrogens is 2. The van der Waals surface area contributed by atoms with E-state index in [1.807, 2.05) is 30.3 Å². The Morgan fingerprint density at radius 3 is 2.67 bits per heavy atom. The van der Waals surface area contributed by atoms with Gasteiger partial charge in [0.25, 0.3) is 5.91 Å². The molecule has 0 aliphatic carbocycles. The lowest BCUT2D eigenvalue weighted by molar-refractivity contribution is 0.0943. The van der Waals surface area contributed by atoms with Gasteiger partial charge in [-0.2, -0.15) is 5.10 Å². The molecule has 2 aromatic rings. The maximum Gasteiger partial charge on any atom is 0.275 e. The summed E-state index contributed by atoms with van der Waals surface area (Å²) in [6.45, 7) is 4.88. The van der Waals surface area contributed by atoms with Crippen LogP contribution in [0.2, 0.25) is 0 Å². The molecule has 5 heteroatoms. The topological polar surface area (TPSA) is 56.2 Å². The molecule has 0 saturated heterocycles. The fourth-order valence-electron chi connectivity index (χ4n) is 1.94. The van der Waals surface area contributed by atoms with Crippen LogP contribution in [0.4, 0.5) is 0 Å². The monoisotopic (exact) mass is 287 g/mol. The van der Waals surface area contributed by atoms with Crippen LogP contribution < -0.4 is 10.1 Å². The average Bonchev–Trinajstić information content (AvgIpc) is 2.92. The zero-order valence-corrected chi connectivity index (χ0v) is 12.7. The van der Waals surface area contributed by atoms with E-state index in [0.29, 0.717) is 23.9 Å². The quantitative estimate of drug-likeness (QED) is 0.888. The van der Waals surface area contributed by atoms with Crippen LogP contribution in [0.5, 0.6) is 5.75 Å². The number of hydrogen-bond acceptors (Lipinski definition) is 3. The van der Waals surface area contributed by atoms with Gasteiger partial charge in [-0.3, -0.25) is 4.79 Å². The molecule has 0 unspecified atom stereocenters. The second-order valence-electron chi connectivity index (χ2n) is 5.26. The van der Waals surface area contributed by atoms with Gasteiger partial charge < -0.3 is 10.1 Å². The van der Waals surface area contributed by atoms with Gasteiger partial charge in [0, 0.05) is 6.54 Å². The van der Waals surface area contributed by atoms with Crippen molar-refractivity contribution >= 4 is 5.91 Å². The number of carbonyl (C=O) groups excluding carboxylic acids is 1. The zero-order valence-electron chi connectivity index (χ0n) is 12.7. The summed E-state index contributed by atoms with van der Waals surface area (Å²) in [4.78, 5) is 12.2. The minimum atomic E-state index is -0.206. The number of para-hydroxylation sites is 1. The second kappa shape index (κ2) is 6.92. The Morgan fingerprint density at radius 2 is 2.05 bits per heavy atom. The van der Waals surface area contributed by atoms with Crippen molar-refractivity contribution in [3.63, 3.8) is 0 Å². The molecular weight excluding hydrogens is 266 g/mol. The molecule has 0 fully saturated rings. The van der Waals surface area contributed by atoms with E-state index in [9.17, 15) is 4.79 Å². The number of rotatable bonds is 6. The highest BCUT2D eigenvalue weighted by atomic mass is 16.5. The van der Waals surface area contributed by atoms with Gasteiger partial charge >= 0.3 is 0 Å². The van der Waals surface area contributed by atoms with Crippen molar-refractivity contribution < 1.29 is 9.53 Å². The first-order valence-corrected chi connectivity index (χ1v) is 7.09. The Bertz CT molecular complexity index is 591. The molecule has 0 saturated carbocycles. The fraction of sp³-hybridized carbons (Fsp3) is 0.375. The highest BCUT2D eigenvalue weighted by Gasteiger charge is 2.17. The molecular formula is C16H21N3O2. The van der Waals surface area contributed by atoms with E-state index < -0.39 is 0 Å². The number of nitrogens with zero attached hydrogens (tertiary/aromatic N) is 2. The van der Waals surface area contributed by atoms with Crippen molar-refractivity contribution in [2.75, 3.05) is 13.7 Å². The molecule has 2 rings (SSSR count). The molecule has 1 aromatic heterocycles. The molecule has 21 heavy (non-hydrogen) atoms. The highest BCUT2D eigenvalue weighted by molar-refractivity contribution is 5.94. The van der Waals surface area contributed by atoms with Crippen LogP contribution in [-0.4, -0.2) is 29.3 Å². The average molecular weight is 287 g/mol. The Kier molecular flexibility index (Phi) is 4.98. The third kappa shape index (κ3) is 3.84. The summed E-state index contributed by atoms with van der Waals surface area (Å²) in [7, 11) is 1.54. The van der Waals surface area contributed by atoms with E-state index in [4.69, 9.17) is 4.74 Å². The number of benzene rings is 1. The van der Waals surface area contributed by atoms with Crippen LogP contribution in [0.1, 0.15) is 30.8 Å². The third-order valence-corrected chi connectivity index (χ3v) is 3.14. The van der Waals surface area contributed by atoms with Crippen LogP contribution in [0, 0.1) is 5.92 Å². The van der Waals surface area contributed by atoms with Gasteiger partial charge in [0.15, 0.2) is 11.4 Å². The maximum atomic E-state index is 12.2. The Morgan fingerprint density at radius 1 is 1.33 bits per heavy atom. The summed E-state index contributed by atoms with van der Waals surface area (Å²) in [5.41, 5.74) is 1.20. The summed E-state index contributed by atoms with van der Waals surface area (Å²) in [5.74, 6) is 0.817. The summed E-state index contributed by atoms with van der Waals surface area (Å²) >= 11 is 0. The van der Waals surface area contributed by atoms with E-state index in [2.05, 4.69) is 24.3 Å². The van der Waals surface area contributed by atoms with E-state index in [1.54, 1.807) is 10.9 Å². The lowest BCUT2D eigenvalue weighted by Crippen LogP contribution is -2.26. The fourth-order valence-corrected chi connectivity index (χ4v) is 1.94. The molecule has 0 atom stereocenters. The van der Waals surface area contributed by atoms with Gasteiger partial charge in [-0.05, 0) is 24.5 Å². The van der Waals surface area contributed by atoms with E-state index >= 15 is 0 Å². The SMILES string of the molecule is COc1cn(-c2ccccc2)nc1C(=O)NCCC(C)C. The van der Waals surface area contributed by atoms with Gasteiger partial charge in [0.1, 0.15) is 0 Å². The molecule has 1 aromatic carbocycles. The van der Waals surface area contributed by atoms with Crippen LogP contribution >= 0.6 is 0 Å². The Hall–Kier alpha value is -2.30. The third-order valence-electron chi connectivity index (χ3n) is 3.14. The van der Waals surface area contributed by atoms with Crippen LogP contribution in [0.15, 0.2) is 36.5 Å². The number of carbonyl (C=O) groups is 1. The lowest BCUT2D eigenvalue weighted by atomic mass is 10.1. The molecule has 0 aliphatic rings. The second-order valence-corrected chi connectivity index (χ2v) is 5.26. The molecule has 1 heterocycles. The number of amides is 1. The van der Waals surface area contributed by atoms with E-state index in [-0.39, 0.29) is 5.91 Å². The van der Waals surface area contributed by atoms with Crippen molar-refractivity contribution in [3.8, 4) is 11.4 Å². The number of ether oxygens (including phenoxy) is 1. The smallest absolute Gasteiger partial charge is 0.275 e. The first-order chi connectivity index (χ1) is 10.1. The van der Waals surface area contributed by atoms with Crippen LogP contribution in [-0.2, 0) is 0 Å². The molecule has 0 bridgehead atoms. The number of methoxy groups -OCH3 is 1. The Balaban J connectivity index is 2.16. The largest absolute Gasteiger partial charge is 0.493 e. The maximum absolute atomic E-state index is 12.2. The van der Waals surface area contributed by atoms with Gasteiger partial charge in [-0.15, -0.1) is 0 Å². The van der Waals surface area contributed by atoms with Gasteiger partial charge in [-0.25, -0.2) is 4.68 Å². The summed E-state index contributed by atoms with van der Waals surface area (Å²) in [6.07, 6.45) is 2.65. The van der Waals surface area contributed by atoms with Crippen LogP contribution in [0.3, 0.4) is 0 Å². The predicted octanol–water partition coefficient (Wildman–Crippen LogP) is 2.66. The first-order valence-electron chi connectivity index (χ1n) is 7.09. The Labute approximate surface area is 124 Å². The van der Waals surface area contributed by atoms with Crippen LogP contribution in [0.25, 0.3) is 5.69 Å². The minimum Gasteiger partial charge on any atom is -0.493 e. The van der Waals surface area contributed by atoms with Crippen molar-refractivity contribution in [3.05, 3.63) is 42.2 Å². The van der Waals surface area contributed by atoms with Crippen molar-refractivity contribution in [2.24, 2.45) is 5.92 Å². The summed E-state index contributed by atoms with van der Waals surface area (Å²) < 4.78 is 6.90. The normalized spacial score (nSPS) is 10.7. The molecule has 112 valence electrons. The van der Waals surface area contributed by atoms with Crippen molar-refractivity contribution in [1.29, 1.82) is 0 Å². The van der Waals surface area contributed by atoms with Gasteiger partial charge in [-0.1, -0.05) is 32.0 Å². The number of nitrogens with one attached hydrogen (secondary N) is 1. The molecule has 1 amide bonds. The lowest BCUT2D eigenvalue weighted by Gasteiger charge is -2.06. The summed E-state index contributed by atoms with van der Waals surface area (Å²) in [5, 5.41) is 7.20. The molecule has 5 nitrogen and oxygen atoms in total. The van der Waals surface area contributed by atoms with Crippen molar-refractivity contribution in [2.45, 2.75) is 20.3 Å². The minimum absolute atomic E-state index is 0.206. The van der Waals surface area contributed by atoms with Gasteiger partial charge in [0.05, 0.1) is 19.0 Å². The highest BCUT2D eigenvalue weighted by Crippen LogP contribution is 2.19. The predicted molar refractivity (Wildman–Crippen MR) is 81.9 cm³/mol. The number of hydrogen-bond donors (Lipinski definition) is 1. The molecule has 0 spiro atoms.